The third-order valence-corrected chi connectivity index (χ3v) is 20.6. The minimum atomic E-state index is -5.19. The van der Waals surface area contributed by atoms with E-state index in [9.17, 15) is 41.9 Å². The molecule has 2 amide bonds. The van der Waals surface area contributed by atoms with E-state index in [4.69, 9.17) is 32.6 Å². The number of halogens is 3. The third kappa shape index (κ3) is 24.7. The van der Waals surface area contributed by atoms with E-state index in [1.165, 1.54) is 25.4 Å². The van der Waals surface area contributed by atoms with Crippen molar-refractivity contribution in [1.82, 2.24) is 10.6 Å². The van der Waals surface area contributed by atoms with Gasteiger partial charge in [0, 0.05) is 128 Å². The van der Waals surface area contributed by atoms with Gasteiger partial charge in [0.1, 0.15) is 60.1 Å². The molecule has 0 aliphatic rings. The van der Waals surface area contributed by atoms with Crippen LogP contribution in [0.3, 0.4) is 0 Å². The molecule has 0 saturated heterocycles. The van der Waals surface area contributed by atoms with Crippen LogP contribution in [0.4, 0.5) is 39.8 Å². The second-order valence-electron chi connectivity index (χ2n) is 27.3. The standard InChI is InChI=1S/C29H33N3O4S.C24H26N3O2S.C15H20N2O2S.C14H15NO3.C2HF3O2.CH3/c1-6-31(7-2)22-14-12-20-18-21(27(33)35-24(20)19-22)13-15-26-32(23-10-8-9-11-25(23)37-26)17-16-30-28(34)36-29(3,4)5;1-3-26(4-2)19-11-9-17-15-18(24(28)29-21(17)16-19)10-12-23-27(14-13-25)20-7-5-6-8-22(20)30-23;1-11-17(12-7-5-6-8-13(12)20-11)10-9-16-14(18)19-15(2,3)4;1-3-15(4-2)12-6-5-10-7-11(9-16)14(17)18-13(10)8-12;3-2(4,5)1(6)7;/h8-15,18-19H,6-7,16-17H2,1-5H3;5-12,15-16H,3-4,13-14,25H2,1-2H3;5-8H,9-10H2,1-4H3;5-9H,3-4H2,1-2H3;(H,6,7);1H3/q;+1;;;;-1/p+2. The van der Waals surface area contributed by atoms with Gasteiger partial charge in [0.2, 0.25) is 21.6 Å². The number of fused-ring (bicyclic) bond motifs is 6. The summed E-state index contributed by atoms with van der Waals surface area (Å²) in [4.78, 5) is 86.6. The number of ether oxygens (including phenoxy) is 2. The number of hydrogen-bond acceptors (Lipinski definition) is 19. The molecule has 0 saturated carbocycles. The number of benzene rings is 6. The van der Waals surface area contributed by atoms with E-state index >= 15 is 0 Å². The Kier molecular flexibility index (Phi) is 32.3. The Morgan fingerprint density at radius 3 is 1.14 bits per heavy atom. The molecule has 12 rings (SSSR count). The number of aromatic nitrogens is 3. The molecule has 0 radical (unpaired) electrons. The predicted octanol–water partition coefficient (Wildman–Crippen LogP) is 14.6. The first kappa shape index (κ1) is 89.1. The fraction of sp³-hybridized carbons (Fsp3) is 0.329. The third-order valence-electron chi connectivity index (χ3n) is 17.3. The smallest absolute Gasteiger partial charge is 0.430 e. The van der Waals surface area contributed by atoms with Crippen molar-refractivity contribution in [2.24, 2.45) is 0 Å². The lowest BCUT2D eigenvalue weighted by Crippen LogP contribution is -2.57. The van der Waals surface area contributed by atoms with Crippen LogP contribution in [0.25, 0.3) is 87.9 Å². The number of alkyl halides is 3. The topological polar surface area (TPSA) is 273 Å². The maximum Gasteiger partial charge on any atom is 0.430 e. The van der Waals surface area contributed by atoms with Gasteiger partial charge in [-0.1, -0.05) is 70.4 Å². The van der Waals surface area contributed by atoms with Gasteiger partial charge in [-0.05, 0) is 168 Å². The number of anilines is 3. The molecule has 0 aliphatic carbocycles. The molecular formula is C85H100F3N9O13S3+2. The summed E-state index contributed by atoms with van der Waals surface area (Å²) in [5.41, 5.74) is 11.1. The molecule has 0 spiro atoms. The first-order chi connectivity index (χ1) is 53.3. The van der Waals surface area contributed by atoms with Gasteiger partial charge in [0.15, 0.2) is 25.9 Å². The Morgan fingerprint density at radius 1 is 0.487 bits per heavy atom. The number of amides is 2. The van der Waals surface area contributed by atoms with Crippen LogP contribution in [-0.4, -0.2) is 101 Å². The maximum atomic E-state index is 12.8. The second kappa shape index (κ2) is 40.9. The Hall–Kier alpha value is -11.1. The lowest BCUT2D eigenvalue weighted by molar-refractivity contribution is -0.685. The number of carboxylic acid groups (broad SMARTS) is 1. The highest BCUT2D eigenvalue weighted by Gasteiger charge is 2.29. The average molecular weight is 1610 g/mol. The number of thiazole rings is 3. The lowest BCUT2D eigenvalue weighted by Gasteiger charge is -2.20. The number of hydrogen-bond donors (Lipinski definition) is 3. The summed E-state index contributed by atoms with van der Waals surface area (Å²) in [6.07, 6.45) is 2.10. The number of nitrogens with zero attached hydrogens (tertiary/aromatic N) is 6. The van der Waals surface area contributed by atoms with Gasteiger partial charge in [-0.3, -0.25) is 4.79 Å². The molecule has 5 N–H and O–H groups in total. The molecular weight excluding hydrogens is 1510 g/mol. The quantitative estimate of drug-likeness (QED) is 0.0246. The van der Waals surface area contributed by atoms with Crippen molar-refractivity contribution < 1.29 is 79.6 Å². The Morgan fingerprint density at radius 2 is 0.805 bits per heavy atom. The Labute approximate surface area is 666 Å². The molecule has 0 aliphatic heterocycles. The van der Waals surface area contributed by atoms with Crippen LogP contribution in [0.15, 0.2) is 173 Å². The second-order valence-corrected chi connectivity index (χ2v) is 30.7. The normalized spacial score (nSPS) is 11.4. The summed E-state index contributed by atoms with van der Waals surface area (Å²) in [6.45, 7) is 35.0. The predicted molar refractivity (Wildman–Crippen MR) is 446 cm³/mol. The number of aryl methyl sites for hydroxylation is 1. The van der Waals surface area contributed by atoms with Gasteiger partial charge in [0.25, 0.3) is 10.0 Å². The SMILES string of the molecule is CCN(CC)c1ccc2cc(/C=C/c3sc4ccccc4[n+]3CCNC(=O)OC(C)(C)C)c(=O)oc2c1.CCN(CC)c1ccc2cc(/C=C/c3sc4ccccc4[n+]3CC[NH3+])c(=O)oc2c1.CCN(CC)c1ccc2cc(C=O)c(=O)oc2c1.Cc1sc2ccccc2[n+]1CCNC(=O)OC(C)(C)C.O=C([O-])C(F)(F)F.[CH3-]. The van der Waals surface area contributed by atoms with E-state index in [1.54, 1.807) is 46.2 Å². The lowest BCUT2D eigenvalue weighted by atomic mass is 10.1. The van der Waals surface area contributed by atoms with Crippen molar-refractivity contribution in [3.63, 3.8) is 0 Å². The van der Waals surface area contributed by atoms with Crippen molar-refractivity contribution in [3.8, 4) is 0 Å². The van der Waals surface area contributed by atoms with Gasteiger partial charge in [-0.25, -0.2) is 24.0 Å². The van der Waals surface area contributed by atoms with E-state index in [1.807, 2.05) is 151 Å². The first-order valence-electron chi connectivity index (χ1n) is 36.8. The van der Waals surface area contributed by atoms with Crippen LogP contribution in [-0.2, 0) is 33.9 Å². The molecule has 113 heavy (non-hydrogen) atoms. The van der Waals surface area contributed by atoms with Crippen LogP contribution in [0.5, 0.6) is 0 Å². The van der Waals surface area contributed by atoms with Gasteiger partial charge in [-0.15, -0.1) is 0 Å². The van der Waals surface area contributed by atoms with Crippen LogP contribution in [0, 0.1) is 14.4 Å². The van der Waals surface area contributed by atoms with E-state index in [-0.39, 0.29) is 30.3 Å². The van der Waals surface area contributed by atoms with Crippen molar-refractivity contribution in [3.05, 3.63) is 216 Å². The number of aldehydes is 1. The van der Waals surface area contributed by atoms with Crippen LogP contribution in [0.1, 0.15) is 120 Å². The largest absolute Gasteiger partial charge is 0.542 e. The molecule has 6 aromatic heterocycles. The number of aliphatic carboxylic acids is 1. The van der Waals surface area contributed by atoms with E-state index in [0.29, 0.717) is 53.8 Å². The van der Waals surface area contributed by atoms with Crippen molar-refractivity contribution >= 4 is 163 Å². The number of carbonyl (C=O) groups is 4. The van der Waals surface area contributed by atoms with Gasteiger partial charge in [-0.2, -0.15) is 26.9 Å². The summed E-state index contributed by atoms with van der Waals surface area (Å²) < 4.78 is 68.8. The molecule has 0 bridgehead atoms. The van der Waals surface area contributed by atoms with Gasteiger partial charge < -0.3 is 71.1 Å². The van der Waals surface area contributed by atoms with Crippen molar-refractivity contribution in [2.75, 3.05) is 73.6 Å². The summed E-state index contributed by atoms with van der Waals surface area (Å²) in [5.74, 6) is -3.01. The fourth-order valence-electron chi connectivity index (χ4n) is 11.9. The van der Waals surface area contributed by atoms with Gasteiger partial charge >= 0.3 is 35.2 Å². The molecule has 12 aromatic rings. The first-order valence-corrected chi connectivity index (χ1v) is 39.3. The monoisotopic (exact) mass is 1610 g/mol. The molecule has 0 atom stereocenters. The summed E-state index contributed by atoms with van der Waals surface area (Å²) in [6, 6.07) is 47.7. The summed E-state index contributed by atoms with van der Waals surface area (Å²) in [7, 11) is 0. The Balaban J connectivity index is 0.000000209. The summed E-state index contributed by atoms with van der Waals surface area (Å²) in [5, 5.41) is 20.2. The summed E-state index contributed by atoms with van der Waals surface area (Å²) >= 11 is 5.11. The van der Waals surface area contributed by atoms with Gasteiger partial charge in [0.05, 0.1) is 24.2 Å². The van der Waals surface area contributed by atoms with E-state index in [0.717, 1.165) is 112 Å². The van der Waals surface area contributed by atoms with Crippen LogP contribution < -0.4 is 66.8 Å². The number of para-hydroxylation sites is 3. The zero-order valence-electron chi connectivity index (χ0n) is 66.3. The minimum Gasteiger partial charge on any atom is -0.542 e. The molecule has 600 valence electrons. The highest BCUT2D eigenvalue weighted by atomic mass is 32.1. The zero-order chi connectivity index (χ0) is 81.6. The van der Waals surface area contributed by atoms with E-state index < -0.39 is 35.1 Å². The molecule has 22 nitrogen and oxygen atoms in total. The number of quaternary nitrogens is 1. The average Bonchev–Trinajstić information content (AvgIpc) is 1.78. The number of alkyl carbamates (subject to hydrolysis) is 2. The highest BCUT2D eigenvalue weighted by Crippen LogP contribution is 2.29. The zero-order valence-corrected chi connectivity index (χ0v) is 68.7. The number of rotatable bonds is 22. The number of carbonyl (C=O) groups excluding carboxylic acids is 4. The van der Waals surface area contributed by atoms with Crippen LogP contribution in [0.2, 0.25) is 0 Å². The van der Waals surface area contributed by atoms with Crippen molar-refractivity contribution in [2.45, 2.75) is 127 Å². The number of carboxylic acids is 1. The highest BCUT2D eigenvalue weighted by molar-refractivity contribution is 7.19. The molecule has 0 fully saturated rings. The number of nitrogens with one attached hydrogen (secondary N) is 2. The fourth-order valence-corrected chi connectivity index (χ4v) is 15.1. The van der Waals surface area contributed by atoms with E-state index in [2.05, 4.69) is 142 Å². The van der Waals surface area contributed by atoms with Crippen LogP contribution >= 0.6 is 34.0 Å². The van der Waals surface area contributed by atoms with Crippen molar-refractivity contribution in [1.29, 1.82) is 0 Å². The minimum absolute atomic E-state index is 0. The maximum absolute atomic E-state index is 12.8. The molecule has 0 unspecified atom stereocenters. The Bertz CT molecular complexity index is 5500. The molecule has 6 heterocycles. The molecule has 28 heteroatoms. The molecule has 6 aromatic carbocycles.